The van der Waals surface area contributed by atoms with Gasteiger partial charge in [-0.2, -0.15) is 0 Å². The third-order valence-corrected chi connectivity index (χ3v) is 5.38. The molecule has 1 aliphatic rings. The van der Waals surface area contributed by atoms with Crippen LogP contribution in [0.1, 0.15) is 57.7 Å². The highest BCUT2D eigenvalue weighted by molar-refractivity contribution is 9.09. The Labute approximate surface area is 119 Å². The van der Waals surface area contributed by atoms with E-state index in [4.69, 9.17) is 0 Å². The largest absolute Gasteiger partial charge is 0.349 e. The molecule has 3 heteroatoms. The fraction of sp³-hybridized carbons (Fsp3) is 0.800. The molecule has 0 aliphatic heterocycles. The summed E-state index contributed by atoms with van der Waals surface area (Å²) in [6, 6.07) is 0. The van der Waals surface area contributed by atoms with Crippen molar-refractivity contribution in [2.24, 2.45) is 11.8 Å². The van der Waals surface area contributed by atoms with Gasteiger partial charge >= 0.3 is 0 Å². The lowest BCUT2D eigenvalue weighted by atomic mass is 9.78. The van der Waals surface area contributed by atoms with Crippen LogP contribution in [0.2, 0.25) is 0 Å². The van der Waals surface area contributed by atoms with Crippen LogP contribution in [0.25, 0.3) is 0 Å². The maximum absolute atomic E-state index is 4.32. The van der Waals surface area contributed by atoms with Crippen LogP contribution < -0.4 is 0 Å². The molecule has 1 saturated carbocycles. The van der Waals surface area contributed by atoms with Crippen molar-refractivity contribution in [2.75, 3.05) is 0 Å². The monoisotopic (exact) mass is 312 g/mol. The molecule has 102 valence electrons. The van der Waals surface area contributed by atoms with Crippen molar-refractivity contribution in [3.63, 3.8) is 0 Å². The SMILES string of the molecule is CCCCC1CCC(C(Br)Cc2ncc[nH]2)CC1. The molecule has 0 spiro atoms. The summed E-state index contributed by atoms with van der Waals surface area (Å²) in [5.41, 5.74) is 0. The van der Waals surface area contributed by atoms with Gasteiger partial charge in [0.15, 0.2) is 0 Å². The smallest absolute Gasteiger partial charge is 0.107 e. The predicted octanol–water partition coefficient (Wildman–Crippen LogP) is 4.71. The number of imidazole rings is 1. The van der Waals surface area contributed by atoms with E-state index in [-0.39, 0.29) is 0 Å². The zero-order valence-electron chi connectivity index (χ0n) is 11.4. The fourth-order valence-corrected chi connectivity index (χ4v) is 3.93. The Morgan fingerprint density at radius 3 is 2.78 bits per heavy atom. The zero-order chi connectivity index (χ0) is 12.8. The van der Waals surface area contributed by atoms with Crippen LogP contribution in [0.15, 0.2) is 12.4 Å². The quantitative estimate of drug-likeness (QED) is 0.757. The Balaban J connectivity index is 1.72. The number of nitrogens with one attached hydrogen (secondary N) is 1. The highest BCUT2D eigenvalue weighted by atomic mass is 79.9. The highest BCUT2D eigenvalue weighted by Gasteiger charge is 2.26. The number of aromatic nitrogens is 2. The second kappa shape index (κ2) is 7.32. The van der Waals surface area contributed by atoms with Crippen LogP contribution >= 0.6 is 15.9 Å². The molecule has 1 aromatic heterocycles. The Morgan fingerprint density at radius 2 is 2.17 bits per heavy atom. The van der Waals surface area contributed by atoms with Crippen molar-refractivity contribution in [2.45, 2.75) is 63.1 Å². The van der Waals surface area contributed by atoms with Gasteiger partial charge in [0.25, 0.3) is 0 Å². The molecule has 2 nitrogen and oxygen atoms in total. The van der Waals surface area contributed by atoms with Gasteiger partial charge in [-0.25, -0.2) is 4.98 Å². The number of nitrogens with zero attached hydrogens (tertiary/aromatic N) is 1. The van der Waals surface area contributed by atoms with Crippen molar-refractivity contribution in [1.82, 2.24) is 9.97 Å². The molecule has 1 unspecified atom stereocenters. The van der Waals surface area contributed by atoms with Gasteiger partial charge in [0.1, 0.15) is 5.82 Å². The van der Waals surface area contributed by atoms with Crippen LogP contribution in [0.3, 0.4) is 0 Å². The second-order valence-corrected chi connectivity index (χ2v) is 6.86. The number of halogens is 1. The Bertz CT molecular complexity index is 315. The molecule has 1 atom stereocenters. The van der Waals surface area contributed by atoms with Crippen LogP contribution in [-0.2, 0) is 6.42 Å². The van der Waals surface area contributed by atoms with Crippen molar-refractivity contribution in [3.8, 4) is 0 Å². The first-order valence-electron chi connectivity index (χ1n) is 7.42. The second-order valence-electron chi connectivity index (χ2n) is 5.68. The van der Waals surface area contributed by atoms with E-state index >= 15 is 0 Å². The lowest BCUT2D eigenvalue weighted by molar-refractivity contribution is 0.255. The number of H-pyrrole nitrogens is 1. The van der Waals surface area contributed by atoms with Crippen molar-refractivity contribution in [3.05, 3.63) is 18.2 Å². The maximum Gasteiger partial charge on any atom is 0.107 e. The van der Waals surface area contributed by atoms with E-state index in [0.717, 1.165) is 24.1 Å². The Kier molecular flexibility index (Phi) is 5.74. The molecule has 0 aromatic carbocycles. The molecule has 1 aromatic rings. The number of aromatic amines is 1. The molecular formula is C15H25BrN2. The van der Waals surface area contributed by atoms with Gasteiger partial charge < -0.3 is 4.98 Å². The van der Waals surface area contributed by atoms with Gasteiger partial charge in [0, 0.05) is 23.6 Å². The lowest BCUT2D eigenvalue weighted by Crippen LogP contribution is -2.23. The number of hydrogen-bond donors (Lipinski definition) is 1. The van der Waals surface area contributed by atoms with Crippen molar-refractivity contribution in [1.29, 1.82) is 0 Å². The van der Waals surface area contributed by atoms with Crippen LogP contribution in [-0.4, -0.2) is 14.8 Å². The molecule has 0 bridgehead atoms. The predicted molar refractivity (Wildman–Crippen MR) is 80.0 cm³/mol. The first-order chi connectivity index (χ1) is 8.79. The number of hydrogen-bond acceptors (Lipinski definition) is 1. The average molecular weight is 313 g/mol. The molecule has 1 aliphatic carbocycles. The Hall–Kier alpha value is -0.310. The van der Waals surface area contributed by atoms with Gasteiger partial charge in [-0.3, -0.25) is 0 Å². The summed E-state index contributed by atoms with van der Waals surface area (Å²) in [6.07, 6.45) is 14.7. The van der Waals surface area contributed by atoms with E-state index in [1.54, 1.807) is 0 Å². The minimum atomic E-state index is 0.593. The number of rotatable bonds is 6. The summed E-state index contributed by atoms with van der Waals surface area (Å²) in [4.78, 5) is 8.12. The van der Waals surface area contributed by atoms with Crippen LogP contribution in [0.5, 0.6) is 0 Å². The van der Waals surface area contributed by atoms with Gasteiger partial charge in [0.05, 0.1) is 0 Å². The van der Waals surface area contributed by atoms with E-state index in [0.29, 0.717) is 4.83 Å². The first kappa shape index (κ1) is 14.1. The summed E-state index contributed by atoms with van der Waals surface area (Å²) >= 11 is 3.87. The number of alkyl halides is 1. The van der Waals surface area contributed by atoms with Crippen molar-refractivity contribution >= 4 is 15.9 Å². The van der Waals surface area contributed by atoms with E-state index < -0.39 is 0 Å². The third-order valence-electron chi connectivity index (χ3n) is 4.31. The van der Waals surface area contributed by atoms with E-state index in [9.17, 15) is 0 Å². The van der Waals surface area contributed by atoms with E-state index in [1.807, 2.05) is 12.4 Å². The molecule has 1 fully saturated rings. The molecule has 2 rings (SSSR count). The summed E-state index contributed by atoms with van der Waals surface area (Å²) in [6.45, 7) is 2.30. The van der Waals surface area contributed by atoms with Crippen molar-refractivity contribution < 1.29 is 0 Å². The van der Waals surface area contributed by atoms with Crippen LogP contribution in [0.4, 0.5) is 0 Å². The maximum atomic E-state index is 4.32. The first-order valence-corrected chi connectivity index (χ1v) is 8.33. The van der Waals surface area contributed by atoms with Gasteiger partial charge in [-0.15, -0.1) is 0 Å². The third kappa shape index (κ3) is 4.11. The lowest BCUT2D eigenvalue weighted by Gasteiger charge is -2.31. The normalized spacial score (nSPS) is 26.1. The molecule has 1 N–H and O–H groups in total. The highest BCUT2D eigenvalue weighted by Crippen LogP contribution is 2.36. The summed E-state index contributed by atoms with van der Waals surface area (Å²) in [7, 11) is 0. The van der Waals surface area contributed by atoms with Gasteiger partial charge in [-0.05, 0) is 24.7 Å². The van der Waals surface area contributed by atoms with Gasteiger partial charge in [0.2, 0.25) is 0 Å². The number of unbranched alkanes of at least 4 members (excludes halogenated alkanes) is 1. The molecule has 0 radical (unpaired) electrons. The minimum absolute atomic E-state index is 0.593. The summed E-state index contributed by atoms with van der Waals surface area (Å²) in [5, 5.41) is 0. The zero-order valence-corrected chi connectivity index (χ0v) is 13.0. The Morgan fingerprint density at radius 1 is 1.39 bits per heavy atom. The standard InChI is InChI=1S/C15H25BrN2/c1-2-3-4-12-5-7-13(8-6-12)14(16)11-15-17-9-10-18-15/h9-10,12-14H,2-8,11H2,1H3,(H,17,18). The summed E-state index contributed by atoms with van der Waals surface area (Å²) < 4.78 is 0. The fourth-order valence-electron chi connectivity index (χ4n) is 3.09. The molecule has 0 saturated heterocycles. The molecule has 0 amide bonds. The average Bonchev–Trinajstić information content (AvgIpc) is 2.89. The van der Waals surface area contributed by atoms with Gasteiger partial charge in [-0.1, -0.05) is 55.0 Å². The minimum Gasteiger partial charge on any atom is -0.349 e. The van der Waals surface area contributed by atoms with E-state index in [2.05, 4.69) is 32.8 Å². The molecule has 18 heavy (non-hydrogen) atoms. The molecule has 1 heterocycles. The molecular weight excluding hydrogens is 288 g/mol. The summed E-state index contributed by atoms with van der Waals surface area (Å²) in [5.74, 6) is 2.96. The van der Waals surface area contributed by atoms with Crippen LogP contribution in [0, 0.1) is 11.8 Å². The topological polar surface area (TPSA) is 28.7 Å². The van der Waals surface area contributed by atoms with E-state index in [1.165, 1.54) is 44.9 Å².